The molecule has 152 valence electrons. The maximum Gasteiger partial charge on any atom is 0.236 e. The maximum atomic E-state index is 13.4. The number of anilines is 1. The molecule has 4 rings (SSSR count). The van der Waals surface area contributed by atoms with E-state index < -0.39 is 11.6 Å². The summed E-state index contributed by atoms with van der Waals surface area (Å²) in [5.74, 6) is 0.615. The fraction of sp³-hybridized carbons (Fsp3) is 0.364. The number of amides is 1. The van der Waals surface area contributed by atoms with Crippen LogP contribution in [0.15, 0.2) is 36.4 Å². The molecule has 0 radical (unpaired) electrons. The fourth-order valence-corrected chi connectivity index (χ4v) is 4.49. The summed E-state index contributed by atoms with van der Waals surface area (Å²) in [4.78, 5) is 13.4. The number of aryl methyl sites for hydroxylation is 2. The van der Waals surface area contributed by atoms with Crippen LogP contribution in [-0.4, -0.2) is 23.4 Å². The van der Waals surface area contributed by atoms with Gasteiger partial charge in [0.25, 0.3) is 0 Å². The van der Waals surface area contributed by atoms with E-state index in [1.54, 1.807) is 0 Å². The van der Waals surface area contributed by atoms with Crippen LogP contribution in [-0.2, 0) is 4.79 Å². The Morgan fingerprint density at radius 1 is 1.31 bits per heavy atom. The van der Waals surface area contributed by atoms with Gasteiger partial charge in [0, 0.05) is 11.3 Å². The van der Waals surface area contributed by atoms with Gasteiger partial charge in [0.1, 0.15) is 5.92 Å². The van der Waals surface area contributed by atoms with Crippen molar-refractivity contribution in [2.75, 3.05) is 11.9 Å². The minimum absolute atomic E-state index is 0.139. The summed E-state index contributed by atoms with van der Waals surface area (Å²) in [7, 11) is 0. The van der Waals surface area contributed by atoms with Crippen molar-refractivity contribution in [1.82, 2.24) is 10.6 Å². The number of carbonyl (C=O) groups is 1. The molecule has 0 spiro atoms. The van der Waals surface area contributed by atoms with E-state index in [1.165, 1.54) is 0 Å². The second kappa shape index (κ2) is 7.22. The number of hydrogen-bond donors (Lipinski definition) is 3. The van der Waals surface area contributed by atoms with Crippen molar-refractivity contribution >= 4 is 28.9 Å². The highest BCUT2D eigenvalue weighted by atomic mass is 32.1. The number of ether oxygens (including phenoxy) is 2. The number of hydrogen-bond acceptors (Lipinski definition) is 4. The minimum atomic E-state index is -1.00. The van der Waals surface area contributed by atoms with E-state index in [4.69, 9.17) is 21.7 Å². The Bertz CT molecular complexity index is 993. The van der Waals surface area contributed by atoms with Crippen LogP contribution in [0.4, 0.5) is 5.69 Å². The molecule has 3 atom stereocenters. The number of nitrogens with one attached hydrogen (secondary N) is 3. The monoisotopic (exact) mass is 411 g/mol. The van der Waals surface area contributed by atoms with Crippen molar-refractivity contribution in [3.8, 4) is 11.5 Å². The maximum absolute atomic E-state index is 13.4. The molecule has 0 saturated carbocycles. The lowest BCUT2D eigenvalue weighted by Crippen LogP contribution is -2.70. The molecule has 1 saturated heterocycles. The SMILES string of the molecule is CCOc1cccc2c1O[C@@]1(C)NC(=S)N[C@@H]2[C@@H]1C(=O)Nc1ccc(C)cc1C. The molecule has 29 heavy (non-hydrogen) atoms. The van der Waals surface area contributed by atoms with Crippen LogP contribution in [0.1, 0.15) is 36.6 Å². The van der Waals surface area contributed by atoms with Gasteiger partial charge in [-0.3, -0.25) is 4.79 Å². The third kappa shape index (κ3) is 3.40. The molecule has 6 nitrogen and oxygen atoms in total. The highest BCUT2D eigenvalue weighted by Crippen LogP contribution is 2.49. The first kappa shape index (κ1) is 19.5. The lowest BCUT2D eigenvalue weighted by atomic mass is 9.79. The van der Waals surface area contributed by atoms with Gasteiger partial charge in [-0.1, -0.05) is 29.8 Å². The van der Waals surface area contributed by atoms with Gasteiger partial charge < -0.3 is 25.4 Å². The first-order chi connectivity index (χ1) is 13.8. The van der Waals surface area contributed by atoms with E-state index in [2.05, 4.69) is 16.0 Å². The van der Waals surface area contributed by atoms with E-state index in [0.29, 0.717) is 23.2 Å². The number of rotatable bonds is 4. The lowest BCUT2D eigenvalue weighted by Gasteiger charge is -2.50. The first-order valence-electron chi connectivity index (χ1n) is 9.74. The van der Waals surface area contributed by atoms with Crippen LogP contribution in [0, 0.1) is 19.8 Å². The van der Waals surface area contributed by atoms with E-state index in [9.17, 15) is 4.79 Å². The zero-order valence-corrected chi connectivity index (χ0v) is 17.8. The summed E-state index contributed by atoms with van der Waals surface area (Å²) in [6.45, 7) is 8.32. The van der Waals surface area contributed by atoms with Crippen LogP contribution in [0.3, 0.4) is 0 Å². The van der Waals surface area contributed by atoms with Gasteiger partial charge in [-0.25, -0.2) is 0 Å². The molecular weight excluding hydrogens is 386 g/mol. The Balaban J connectivity index is 1.73. The van der Waals surface area contributed by atoms with E-state index in [-0.39, 0.29) is 11.9 Å². The summed E-state index contributed by atoms with van der Waals surface area (Å²) in [5.41, 5.74) is 2.81. The number of benzene rings is 2. The Labute approximate surface area is 176 Å². The van der Waals surface area contributed by atoms with Crippen molar-refractivity contribution in [2.45, 2.75) is 39.5 Å². The predicted molar refractivity (Wildman–Crippen MR) is 116 cm³/mol. The molecule has 0 aliphatic carbocycles. The molecule has 2 aromatic carbocycles. The summed E-state index contributed by atoms with van der Waals surface area (Å²) in [6, 6.07) is 11.3. The van der Waals surface area contributed by atoms with Crippen LogP contribution >= 0.6 is 12.2 Å². The van der Waals surface area contributed by atoms with Crippen LogP contribution < -0.4 is 25.4 Å². The van der Waals surface area contributed by atoms with Crippen molar-refractivity contribution in [1.29, 1.82) is 0 Å². The molecule has 2 heterocycles. The van der Waals surface area contributed by atoms with Gasteiger partial charge >= 0.3 is 0 Å². The molecule has 1 fully saturated rings. The molecule has 0 aromatic heterocycles. The number of para-hydroxylation sites is 1. The largest absolute Gasteiger partial charge is 0.490 e. The number of thiocarbonyl (C=S) groups is 1. The molecule has 1 amide bonds. The van der Waals surface area contributed by atoms with Gasteiger partial charge in [0.05, 0.1) is 12.6 Å². The Morgan fingerprint density at radius 3 is 2.83 bits per heavy atom. The molecule has 2 aliphatic heterocycles. The van der Waals surface area contributed by atoms with Crippen molar-refractivity contribution < 1.29 is 14.3 Å². The average molecular weight is 412 g/mol. The second-order valence-electron chi connectivity index (χ2n) is 7.68. The average Bonchev–Trinajstić information content (AvgIpc) is 2.64. The third-order valence-corrected chi connectivity index (χ3v) is 5.68. The Hall–Kier alpha value is -2.80. The Morgan fingerprint density at radius 2 is 2.10 bits per heavy atom. The normalized spacial score (nSPS) is 24.5. The topological polar surface area (TPSA) is 71.6 Å². The predicted octanol–water partition coefficient (Wildman–Crippen LogP) is 3.58. The van der Waals surface area contributed by atoms with Gasteiger partial charge in [-0.05, 0) is 57.6 Å². The molecule has 7 heteroatoms. The van der Waals surface area contributed by atoms with E-state index in [1.807, 2.05) is 64.1 Å². The summed E-state index contributed by atoms with van der Waals surface area (Å²) >= 11 is 5.38. The van der Waals surface area contributed by atoms with Crippen molar-refractivity contribution in [2.24, 2.45) is 5.92 Å². The van der Waals surface area contributed by atoms with Gasteiger partial charge in [0.15, 0.2) is 22.3 Å². The standard InChI is InChI=1S/C22H25N3O3S/c1-5-27-16-8-6-7-14-18-17(22(4,28-19(14)16)25-21(29)24-18)20(26)23-15-10-9-12(2)11-13(15)3/h6-11,17-18H,5H2,1-4H3,(H,23,26)(H2,24,25,29)/t17-,18+,22-/m1/s1. The smallest absolute Gasteiger partial charge is 0.236 e. The second-order valence-corrected chi connectivity index (χ2v) is 8.09. The Kier molecular flexibility index (Phi) is 4.86. The van der Waals surface area contributed by atoms with E-state index >= 15 is 0 Å². The molecule has 3 N–H and O–H groups in total. The molecular formula is C22H25N3O3S. The quantitative estimate of drug-likeness (QED) is 0.668. The van der Waals surface area contributed by atoms with Crippen LogP contribution in [0.25, 0.3) is 0 Å². The number of carbonyl (C=O) groups excluding carboxylic acids is 1. The van der Waals surface area contributed by atoms with Crippen LogP contribution in [0.5, 0.6) is 11.5 Å². The molecule has 2 aliphatic rings. The first-order valence-corrected chi connectivity index (χ1v) is 10.1. The lowest BCUT2D eigenvalue weighted by molar-refractivity contribution is -0.132. The zero-order valence-electron chi connectivity index (χ0n) is 17.0. The minimum Gasteiger partial charge on any atom is -0.490 e. The summed E-state index contributed by atoms with van der Waals surface area (Å²) in [6.07, 6.45) is 0. The van der Waals surface area contributed by atoms with Crippen molar-refractivity contribution in [3.05, 3.63) is 53.1 Å². The fourth-order valence-electron chi connectivity index (χ4n) is 4.16. The highest BCUT2D eigenvalue weighted by molar-refractivity contribution is 7.80. The molecule has 2 aromatic rings. The van der Waals surface area contributed by atoms with Gasteiger partial charge in [-0.15, -0.1) is 0 Å². The van der Waals surface area contributed by atoms with E-state index in [0.717, 1.165) is 22.4 Å². The van der Waals surface area contributed by atoms with Crippen LogP contribution in [0.2, 0.25) is 0 Å². The highest BCUT2D eigenvalue weighted by Gasteiger charge is 2.55. The van der Waals surface area contributed by atoms with Gasteiger partial charge in [0.2, 0.25) is 5.91 Å². The third-order valence-electron chi connectivity index (χ3n) is 5.46. The summed E-state index contributed by atoms with van der Waals surface area (Å²) < 4.78 is 12.1. The van der Waals surface area contributed by atoms with Gasteiger partial charge in [-0.2, -0.15) is 0 Å². The summed E-state index contributed by atoms with van der Waals surface area (Å²) in [5, 5.41) is 9.95. The molecule has 0 unspecified atom stereocenters. The zero-order chi connectivity index (χ0) is 20.8. The molecule has 2 bridgehead atoms. The van der Waals surface area contributed by atoms with Crippen molar-refractivity contribution in [3.63, 3.8) is 0 Å². The number of fused-ring (bicyclic) bond motifs is 4.